The van der Waals surface area contributed by atoms with E-state index in [1.165, 1.54) is 13.2 Å². The molecule has 0 saturated carbocycles. The summed E-state index contributed by atoms with van der Waals surface area (Å²) in [6.45, 7) is -0.956. The van der Waals surface area contributed by atoms with Gasteiger partial charge in [0, 0.05) is 0 Å². The van der Waals surface area contributed by atoms with E-state index < -0.39 is 42.1 Å². The molecule has 0 spiro atoms. The van der Waals surface area contributed by atoms with E-state index in [9.17, 15) is 18.8 Å². The van der Waals surface area contributed by atoms with Crippen molar-refractivity contribution in [2.45, 2.75) is 18.8 Å². The van der Waals surface area contributed by atoms with Gasteiger partial charge in [-0.3, -0.25) is 19.0 Å². The molecule has 4 rings (SSSR count). The number of nitrogens with one attached hydrogen (secondary N) is 1. The predicted molar refractivity (Wildman–Crippen MR) is 127 cm³/mol. The first-order valence-corrected chi connectivity index (χ1v) is 11.2. The molecular formula is C24H25FN4O8. The third-order valence-corrected chi connectivity index (χ3v) is 5.65. The van der Waals surface area contributed by atoms with Crippen molar-refractivity contribution in [2.75, 3.05) is 33.7 Å². The van der Waals surface area contributed by atoms with E-state index >= 15 is 0 Å². The molecular weight excluding hydrogens is 491 g/mol. The van der Waals surface area contributed by atoms with E-state index in [0.717, 1.165) is 10.6 Å². The number of aliphatic hydroxyl groups excluding tert-OH is 1. The van der Waals surface area contributed by atoms with Crippen LogP contribution in [0.2, 0.25) is 0 Å². The van der Waals surface area contributed by atoms with Crippen LogP contribution in [0.15, 0.2) is 41.2 Å². The second-order valence-corrected chi connectivity index (χ2v) is 8.10. The summed E-state index contributed by atoms with van der Waals surface area (Å²) in [6, 6.07) is 9.16. The lowest BCUT2D eigenvalue weighted by Crippen LogP contribution is -2.47. The van der Waals surface area contributed by atoms with Gasteiger partial charge in [-0.1, -0.05) is 12.1 Å². The highest BCUT2D eigenvalue weighted by atomic mass is 19.1. The standard InChI is InChI=1S/C24H25FN4O8/c1-34-14-4-2-3-13(7-14)8-29-22(21(26)31)28-17-6-5-16(25)20(19(17)24(29)33)37-10-15-9-36-18(11-35-15)23(32)27-12-30/h2-7,15,18,30H,8-12H2,1H3,(H2,26,31)(H,27,32). The van der Waals surface area contributed by atoms with Gasteiger partial charge in [0.15, 0.2) is 17.7 Å². The van der Waals surface area contributed by atoms with Crippen molar-refractivity contribution in [3.8, 4) is 11.5 Å². The van der Waals surface area contributed by atoms with E-state index in [1.807, 2.05) is 0 Å². The number of hydrogen-bond donors (Lipinski definition) is 3. The van der Waals surface area contributed by atoms with Crippen LogP contribution in [-0.4, -0.2) is 72.3 Å². The second kappa shape index (κ2) is 11.3. The van der Waals surface area contributed by atoms with Gasteiger partial charge in [0.05, 0.1) is 32.4 Å². The Morgan fingerprint density at radius 2 is 2.08 bits per heavy atom. The molecule has 1 fully saturated rings. The van der Waals surface area contributed by atoms with E-state index in [4.69, 9.17) is 29.8 Å². The highest BCUT2D eigenvalue weighted by Crippen LogP contribution is 2.27. The zero-order valence-corrected chi connectivity index (χ0v) is 19.8. The van der Waals surface area contributed by atoms with E-state index in [1.54, 1.807) is 24.3 Å². The molecule has 196 valence electrons. The average molecular weight is 516 g/mol. The highest BCUT2D eigenvalue weighted by molar-refractivity contribution is 5.93. The van der Waals surface area contributed by atoms with E-state index in [0.29, 0.717) is 11.3 Å². The average Bonchev–Trinajstić information content (AvgIpc) is 2.90. The summed E-state index contributed by atoms with van der Waals surface area (Å²) < 4.78 is 37.7. The zero-order chi connectivity index (χ0) is 26.5. The zero-order valence-electron chi connectivity index (χ0n) is 19.8. The Bertz CT molecular complexity index is 1370. The fourth-order valence-corrected chi connectivity index (χ4v) is 3.84. The summed E-state index contributed by atoms with van der Waals surface area (Å²) in [6.07, 6.45) is -1.57. The molecule has 1 aromatic heterocycles. The molecule has 0 bridgehead atoms. The molecule has 12 nitrogen and oxygen atoms in total. The van der Waals surface area contributed by atoms with Crippen molar-refractivity contribution in [1.29, 1.82) is 0 Å². The minimum Gasteiger partial charge on any atom is -0.497 e. The first kappa shape index (κ1) is 26.0. The largest absolute Gasteiger partial charge is 0.497 e. The van der Waals surface area contributed by atoms with Gasteiger partial charge < -0.3 is 35.1 Å². The molecule has 37 heavy (non-hydrogen) atoms. The summed E-state index contributed by atoms with van der Waals surface area (Å²) >= 11 is 0. The Morgan fingerprint density at radius 3 is 2.76 bits per heavy atom. The third kappa shape index (κ3) is 5.69. The number of carbonyl (C=O) groups excluding carboxylic acids is 2. The van der Waals surface area contributed by atoms with Crippen molar-refractivity contribution < 1.29 is 38.0 Å². The summed E-state index contributed by atoms with van der Waals surface area (Å²) in [5.41, 5.74) is 5.42. The van der Waals surface area contributed by atoms with Gasteiger partial charge in [-0.15, -0.1) is 0 Å². The molecule has 4 N–H and O–H groups in total. The molecule has 1 aliphatic rings. The van der Waals surface area contributed by atoms with Gasteiger partial charge in [0.2, 0.25) is 5.82 Å². The number of fused-ring (bicyclic) bond motifs is 1. The Balaban J connectivity index is 1.63. The number of nitrogens with two attached hydrogens (primary N) is 1. The van der Waals surface area contributed by atoms with Crippen molar-refractivity contribution in [2.24, 2.45) is 5.73 Å². The van der Waals surface area contributed by atoms with Gasteiger partial charge in [-0.2, -0.15) is 0 Å². The number of hydrogen-bond acceptors (Lipinski definition) is 9. The fraction of sp³-hybridized carbons (Fsp3) is 0.333. The van der Waals surface area contributed by atoms with Crippen LogP contribution in [0.1, 0.15) is 16.2 Å². The van der Waals surface area contributed by atoms with Crippen molar-refractivity contribution >= 4 is 22.7 Å². The lowest BCUT2D eigenvalue weighted by molar-refractivity contribution is -0.165. The Morgan fingerprint density at radius 1 is 1.27 bits per heavy atom. The maximum absolute atomic E-state index is 14.9. The van der Waals surface area contributed by atoms with E-state index in [2.05, 4.69) is 10.3 Å². The van der Waals surface area contributed by atoms with Crippen LogP contribution in [0.25, 0.3) is 10.9 Å². The van der Waals surface area contributed by atoms with Gasteiger partial charge in [0.1, 0.15) is 30.6 Å². The molecule has 2 amide bonds. The third-order valence-electron chi connectivity index (χ3n) is 5.65. The number of aromatic nitrogens is 2. The number of nitrogens with zero attached hydrogens (tertiary/aromatic N) is 2. The number of amides is 2. The number of primary amides is 1. The predicted octanol–water partition coefficient (Wildman–Crippen LogP) is -0.0798. The molecule has 2 heterocycles. The molecule has 13 heteroatoms. The van der Waals surface area contributed by atoms with Crippen LogP contribution in [0, 0.1) is 5.82 Å². The van der Waals surface area contributed by atoms with Crippen LogP contribution in [0.3, 0.4) is 0 Å². The molecule has 3 aromatic rings. The topological polar surface area (TPSA) is 164 Å². The minimum absolute atomic E-state index is 0.0265. The van der Waals surface area contributed by atoms with Gasteiger partial charge in [-0.05, 0) is 29.8 Å². The molecule has 0 aliphatic carbocycles. The van der Waals surface area contributed by atoms with Gasteiger partial charge >= 0.3 is 0 Å². The van der Waals surface area contributed by atoms with Crippen LogP contribution < -0.4 is 26.1 Å². The van der Waals surface area contributed by atoms with Gasteiger partial charge in [-0.25, -0.2) is 9.37 Å². The van der Waals surface area contributed by atoms with Crippen LogP contribution in [0.5, 0.6) is 11.5 Å². The maximum atomic E-state index is 14.9. The van der Waals surface area contributed by atoms with Crippen molar-refractivity contribution in [3.63, 3.8) is 0 Å². The van der Waals surface area contributed by atoms with Gasteiger partial charge in [0.25, 0.3) is 17.4 Å². The molecule has 2 atom stereocenters. The fourth-order valence-electron chi connectivity index (χ4n) is 3.84. The molecule has 1 aliphatic heterocycles. The quantitative estimate of drug-likeness (QED) is 0.330. The lowest BCUT2D eigenvalue weighted by Gasteiger charge is -2.28. The van der Waals surface area contributed by atoms with Crippen LogP contribution >= 0.6 is 0 Å². The van der Waals surface area contributed by atoms with Crippen LogP contribution in [0.4, 0.5) is 4.39 Å². The second-order valence-electron chi connectivity index (χ2n) is 8.10. The molecule has 1 saturated heterocycles. The summed E-state index contributed by atoms with van der Waals surface area (Å²) in [5.74, 6) is -2.40. The molecule has 0 radical (unpaired) electrons. The first-order chi connectivity index (χ1) is 17.8. The minimum atomic E-state index is -0.929. The number of carbonyl (C=O) groups is 2. The summed E-state index contributed by atoms with van der Waals surface area (Å²) in [4.78, 5) is 41.6. The lowest BCUT2D eigenvalue weighted by atomic mass is 10.1. The molecule has 2 unspecified atom stereocenters. The first-order valence-electron chi connectivity index (χ1n) is 11.2. The Hall–Kier alpha value is -4.07. The number of ether oxygens (including phenoxy) is 4. The Kier molecular flexibility index (Phi) is 7.96. The number of aliphatic hydroxyl groups is 1. The highest BCUT2D eigenvalue weighted by Gasteiger charge is 2.29. The summed E-state index contributed by atoms with van der Waals surface area (Å²) in [5, 5.41) is 10.8. The van der Waals surface area contributed by atoms with Crippen molar-refractivity contribution in [1.82, 2.24) is 14.9 Å². The van der Waals surface area contributed by atoms with Crippen molar-refractivity contribution in [3.05, 3.63) is 64.0 Å². The maximum Gasteiger partial charge on any atom is 0.284 e. The number of methoxy groups -OCH3 is 1. The SMILES string of the molecule is COc1cccc(Cn2c(C(N)=O)nc3ccc(F)c(OCC4COC(C(=O)NCO)CO4)c3c2=O)c1. The monoisotopic (exact) mass is 516 g/mol. The molecule has 2 aromatic carbocycles. The van der Waals surface area contributed by atoms with E-state index in [-0.39, 0.29) is 48.8 Å². The number of rotatable bonds is 9. The smallest absolute Gasteiger partial charge is 0.284 e. The number of benzene rings is 2. The summed E-state index contributed by atoms with van der Waals surface area (Å²) in [7, 11) is 1.50. The number of halogens is 1. The Labute approximate surface area is 209 Å². The van der Waals surface area contributed by atoms with Crippen LogP contribution in [-0.2, 0) is 20.8 Å². The normalized spacial score (nSPS) is 17.4.